The summed E-state index contributed by atoms with van der Waals surface area (Å²) < 4.78 is 16.6. The Morgan fingerprint density at radius 2 is 1.71 bits per heavy atom. The number of halogens is 2. The van der Waals surface area contributed by atoms with Crippen molar-refractivity contribution in [3.63, 3.8) is 0 Å². The first-order valence-corrected chi connectivity index (χ1v) is 12.8. The number of rotatable bonds is 12. The maximum absolute atomic E-state index is 12.6. The summed E-state index contributed by atoms with van der Waals surface area (Å²) in [4.78, 5) is 24.5. The van der Waals surface area contributed by atoms with Gasteiger partial charge in [-0.05, 0) is 60.9 Å². The third-order valence-corrected chi connectivity index (χ3v) is 5.95. The van der Waals surface area contributed by atoms with Crippen LogP contribution in [0.4, 0.5) is 4.79 Å². The van der Waals surface area contributed by atoms with E-state index in [0.29, 0.717) is 33.7 Å². The summed E-state index contributed by atoms with van der Waals surface area (Å²) >= 11 is 12.1. The lowest BCUT2D eigenvalue weighted by Gasteiger charge is -2.18. The second-order valence-corrected chi connectivity index (χ2v) is 8.82. The number of carbonyl (C=O) groups is 2. The minimum Gasteiger partial charge on any atom is -0.490 e. The number of amides is 2. The van der Waals surface area contributed by atoms with Gasteiger partial charge < -0.3 is 19.5 Å². The Kier molecular flexibility index (Phi) is 11.3. The molecule has 1 atom stereocenters. The van der Waals surface area contributed by atoms with Crippen molar-refractivity contribution in [3.8, 4) is 11.5 Å². The van der Waals surface area contributed by atoms with Crippen LogP contribution >= 0.6 is 23.2 Å². The fourth-order valence-corrected chi connectivity index (χ4v) is 3.77. The van der Waals surface area contributed by atoms with Crippen LogP contribution in [0, 0.1) is 0 Å². The van der Waals surface area contributed by atoms with Gasteiger partial charge in [0.05, 0.1) is 41.9 Å². The van der Waals surface area contributed by atoms with Gasteiger partial charge in [-0.1, -0.05) is 59.6 Å². The number of nitrogens with zero attached hydrogens (tertiary/aromatic N) is 1. The smallest absolute Gasteiger partial charge is 0.407 e. The fraction of sp³-hybridized carbons (Fsp3) is 0.250. The van der Waals surface area contributed by atoms with E-state index in [1.807, 2.05) is 43.3 Å². The molecular weight excluding hydrogens is 529 g/mol. The van der Waals surface area contributed by atoms with E-state index >= 15 is 0 Å². The van der Waals surface area contributed by atoms with Crippen molar-refractivity contribution in [3.05, 3.63) is 93.5 Å². The highest BCUT2D eigenvalue weighted by Gasteiger charge is 2.19. The number of hydrogen-bond donors (Lipinski definition) is 2. The monoisotopic (exact) mass is 557 g/mol. The van der Waals surface area contributed by atoms with Gasteiger partial charge in [0.1, 0.15) is 6.61 Å². The Labute approximate surface area is 231 Å². The second-order valence-electron chi connectivity index (χ2n) is 8.00. The number of benzene rings is 3. The Morgan fingerprint density at radius 1 is 0.921 bits per heavy atom. The number of ether oxygens (including phenoxy) is 3. The van der Waals surface area contributed by atoms with Gasteiger partial charge in [0.2, 0.25) is 5.91 Å². The number of alkyl carbamates (subject to hydrolysis) is 1. The molecule has 0 fully saturated rings. The highest BCUT2D eigenvalue weighted by molar-refractivity contribution is 6.42. The predicted molar refractivity (Wildman–Crippen MR) is 148 cm³/mol. The van der Waals surface area contributed by atoms with Crippen LogP contribution in [0.25, 0.3) is 0 Å². The van der Waals surface area contributed by atoms with Gasteiger partial charge in [0.15, 0.2) is 11.5 Å². The second kappa shape index (κ2) is 14.9. The van der Waals surface area contributed by atoms with E-state index < -0.39 is 12.1 Å². The zero-order chi connectivity index (χ0) is 27.3. The molecule has 0 saturated heterocycles. The molecule has 0 radical (unpaired) electrons. The summed E-state index contributed by atoms with van der Waals surface area (Å²) in [5, 5.41) is 7.70. The average Bonchev–Trinajstić information content (AvgIpc) is 2.90. The van der Waals surface area contributed by atoms with Crippen LogP contribution in [-0.4, -0.2) is 31.4 Å². The lowest BCUT2D eigenvalue weighted by atomic mass is 10.0. The van der Waals surface area contributed by atoms with Gasteiger partial charge in [-0.3, -0.25) is 4.79 Å². The molecule has 200 valence electrons. The molecule has 0 spiro atoms. The summed E-state index contributed by atoms with van der Waals surface area (Å²) in [5.74, 6) is 0.707. The molecule has 38 heavy (non-hydrogen) atoms. The van der Waals surface area contributed by atoms with Crippen molar-refractivity contribution in [2.75, 3.05) is 13.2 Å². The van der Waals surface area contributed by atoms with E-state index in [2.05, 4.69) is 15.8 Å². The lowest BCUT2D eigenvalue weighted by molar-refractivity contribution is -0.121. The van der Waals surface area contributed by atoms with Crippen molar-refractivity contribution in [1.82, 2.24) is 10.7 Å². The zero-order valence-corrected chi connectivity index (χ0v) is 22.6. The molecule has 3 rings (SSSR count). The largest absolute Gasteiger partial charge is 0.490 e. The van der Waals surface area contributed by atoms with Crippen LogP contribution in [0.5, 0.6) is 11.5 Å². The van der Waals surface area contributed by atoms with E-state index in [0.717, 1.165) is 11.1 Å². The Bertz CT molecular complexity index is 1250. The van der Waals surface area contributed by atoms with Gasteiger partial charge in [-0.15, -0.1) is 0 Å². The summed E-state index contributed by atoms with van der Waals surface area (Å²) in [5.41, 5.74) is 4.83. The summed E-state index contributed by atoms with van der Waals surface area (Å²) in [6.45, 7) is 4.53. The summed E-state index contributed by atoms with van der Waals surface area (Å²) in [6.07, 6.45) is 0.883. The molecule has 0 aliphatic carbocycles. The van der Waals surface area contributed by atoms with E-state index in [4.69, 9.17) is 37.4 Å². The van der Waals surface area contributed by atoms with Gasteiger partial charge >= 0.3 is 6.09 Å². The quantitative estimate of drug-likeness (QED) is 0.201. The topological polar surface area (TPSA) is 98.2 Å². The summed E-state index contributed by atoms with van der Waals surface area (Å²) in [6, 6.07) is 19.2. The highest BCUT2D eigenvalue weighted by Crippen LogP contribution is 2.30. The maximum atomic E-state index is 12.6. The van der Waals surface area contributed by atoms with Gasteiger partial charge in [0, 0.05) is 0 Å². The van der Waals surface area contributed by atoms with Crippen LogP contribution < -0.4 is 20.2 Å². The van der Waals surface area contributed by atoms with Crippen molar-refractivity contribution in [2.45, 2.75) is 32.9 Å². The molecule has 0 aliphatic rings. The van der Waals surface area contributed by atoms with Crippen LogP contribution in [0.1, 0.15) is 43.0 Å². The van der Waals surface area contributed by atoms with E-state index in [-0.39, 0.29) is 25.5 Å². The zero-order valence-electron chi connectivity index (χ0n) is 21.1. The summed E-state index contributed by atoms with van der Waals surface area (Å²) in [7, 11) is 0. The molecular formula is C28H29Cl2N3O5. The fourth-order valence-electron chi connectivity index (χ4n) is 3.45. The molecule has 0 unspecified atom stereocenters. The molecule has 0 aliphatic heterocycles. The standard InChI is InChI=1S/C28H29Cl2N3O5/c1-3-36-26-15-19(11-13-25(26)38-18-20-10-12-22(29)23(30)14-20)17-31-33-27(34)16-24(32-28(35)37-4-2)21-8-6-5-7-9-21/h5-15,17,24H,3-4,16,18H2,1-2H3,(H,32,35)(H,33,34)/b31-17-/t24-/m1/s1. The maximum Gasteiger partial charge on any atom is 0.407 e. The first kappa shape index (κ1) is 28.8. The minimum atomic E-state index is -0.595. The molecule has 10 heteroatoms. The SMILES string of the molecule is CCOC(=O)N[C@H](CC(=O)N/N=C\c1ccc(OCc2ccc(Cl)c(Cl)c2)c(OCC)c1)c1ccccc1. The number of hydrogen-bond acceptors (Lipinski definition) is 6. The van der Waals surface area contributed by atoms with Crippen LogP contribution in [0.15, 0.2) is 71.8 Å². The molecule has 3 aromatic carbocycles. The van der Waals surface area contributed by atoms with Gasteiger partial charge in [-0.2, -0.15) is 5.10 Å². The molecule has 0 heterocycles. The van der Waals surface area contributed by atoms with Crippen molar-refractivity contribution in [2.24, 2.45) is 5.10 Å². The highest BCUT2D eigenvalue weighted by atomic mass is 35.5. The molecule has 0 bridgehead atoms. The number of carbonyl (C=O) groups excluding carboxylic acids is 2. The van der Waals surface area contributed by atoms with Crippen LogP contribution in [0.3, 0.4) is 0 Å². The number of nitrogens with one attached hydrogen (secondary N) is 2. The first-order valence-electron chi connectivity index (χ1n) is 12.0. The predicted octanol–water partition coefficient (Wildman–Crippen LogP) is 6.30. The Hall–Kier alpha value is -3.75. The minimum absolute atomic E-state index is 0.0220. The normalized spacial score (nSPS) is 11.6. The lowest BCUT2D eigenvalue weighted by Crippen LogP contribution is -2.33. The first-order chi connectivity index (χ1) is 18.4. The molecule has 2 amide bonds. The van der Waals surface area contributed by atoms with Crippen LogP contribution in [-0.2, 0) is 16.1 Å². The average molecular weight is 558 g/mol. The van der Waals surface area contributed by atoms with Crippen molar-refractivity contribution in [1.29, 1.82) is 0 Å². The molecule has 3 aromatic rings. The van der Waals surface area contributed by atoms with Gasteiger partial charge in [-0.25, -0.2) is 10.2 Å². The molecule has 0 aromatic heterocycles. The molecule has 0 saturated carbocycles. The third-order valence-electron chi connectivity index (χ3n) is 5.21. The third kappa shape index (κ3) is 8.97. The van der Waals surface area contributed by atoms with Crippen molar-refractivity contribution < 1.29 is 23.8 Å². The Balaban J connectivity index is 1.62. The van der Waals surface area contributed by atoms with Crippen molar-refractivity contribution >= 4 is 41.4 Å². The molecule has 8 nitrogen and oxygen atoms in total. The molecule has 2 N–H and O–H groups in total. The van der Waals surface area contributed by atoms with E-state index in [1.54, 1.807) is 37.3 Å². The Morgan fingerprint density at radius 3 is 2.42 bits per heavy atom. The number of hydrazone groups is 1. The van der Waals surface area contributed by atoms with E-state index in [9.17, 15) is 9.59 Å². The van der Waals surface area contributed by atoms with E-state index in [1.165, 1.54) is 6.21 Å². The van der Waals surface area contributed by atoms with Gasteiger partial charge in [0.25, 0.3) is 0 Å². The van der Waals surface area contributed by atoms with Crippen LogP contribution in [0.2, 0.25) is 10.0 Å².